The average molecular weight is 341 g/mol. The Hall–Kier alpha value is -3.16. The van der Waals surface area contributed by atoms with Crippen molar-refractivity contribution in [3.8, 4) is 17.3 Å². The molecular weight excluding hydrogens is 322 g/mol. The van der Waals surface area contributed by atoms with Gasteiger partial charge in [-0.3, -0.25) is 14.9 Å². The number of H-pyrrole nitrogens is 1. The molecule has 0 fully saturated rings. The third kappa shape index (κ3) is 3.85. The Bertz CT molecular complexity index is 841. The van der Waals surface area contributed by atoms with E-state index in [1.165, 1.54) is 0 Å². The van der Waals surface area contributed by atoms with Crippen LogP contribution in [0.4, 0.5) is 0 Å². The van der Waals surface area contributed by atoms with E-state index in [0.717, 1.165) is 12.0 Å². The van der Waals surface area contributed by atoms with Crippen LogP contribution in [0.3, 0.4) is 0 Å². The monoisotopic (exact) mass is 341 g/mol. The topological polar surface area (TPSA) is 106 Å². The zero-order valence-corrected chi connectivity index (χ0v) is 14.1. The lowest BCUT2D eigenvalue weighted by molar-refractivity contribution is 0.0948. The summed E-state index contributed by atoms with van der Waals surface area (Å²) in [5, 5.41) is 13.5. The molecule has 3 aromatic heterocycles. The summed E-state index contributed by atoms with van der Waals surface area (Å²) in [5.74, 6) is 0.769. The SMILES string of the molecule is CCCNC(=O)c1cc(OCc2c(-c3ccccn3)noc2C)n[nH]1. The Morgan fingerprint density at radius 1 is 1.40 bits per heavy atom. The number of hydrogen-bond acceptors (Lipinski definition) is 6. The molecule has 1 amide bonds. The molecule has 0 saturated heterocycles. The van der Waals surface area contributed by atoms with Gasteiger partial charge in [-0.1, -0.05) is 18.1 Å². The molecule has 3 heterocycles. The number of aryl methyl sites for hydroxylation is 1. The predicted octanol–water partition coefficient (Wildman–Crippen LogP) is 2.49. The number of pyridine rings is 1. The zero-order valence-electron chi connectivity index (χ0n) is 14.1. The van der Waals surface area contributed by atoms with E-state index in [-0.39, 0.29) is 12.5 Å². The molecule has 0 aliphatic rings. The Kier molecular flexibility index (Phi) is 5.08. The summed E-state index contributed by atoms with van der Waals surface area (Å²) in [7, 11) is 0. The van der Waals surface area contributed by atoms with E-state index in [2.05, 4.69) is 25.7 Å². The highest BCUT2D eigenvalue weighted by molar-refractivity contribution is 5.92. The van der Waals surface area contributed by atoms with E-state index in [0.29, 0.717) is 35.3 Å². The fourth-order valence-electron chi connectivity index (χ4n) is 2.24. The lowest BCUT2D eigenvalue weighted by Gasteiger charge is -2.03. The summed E-state index contributed by atoms with van der Waals surface area (Å²) in [6.45, 7) is 4.62. The highest BCUT2D eigenvalue weighted by atomic mass is 16.5. The number of hydrogen-bond donors (Lipinski definition) is 2. The van der Waals surface area contributed by atoms with Crippen LogP contribution in [0.15, 0.2) is 35.0 Å². The van der Waals surface area contributed by atoms with Gasteiger partial charge in [-0.15, -0.1) is 5.10 Å². The average Bonchev–Trinajstić information content (AvgIpc) is 3.25. The third-order valence-corrected chi connectivity index (χ3v) is 3.59. The first-order chi connectivity index (χ1) is 12.2. The van der Waals surface area contributed by atoms with Gasteiger partial charge in [0.2, 0.25) is 5.88 Å². The quantitative estimate of drug-likeness (QED) is 0.684. The van der Waals surface area contributed by atoms with Gasteiger partial charge in [0.25, 0.3) is 5.91 Å². The number of aromatic amines is 1. The number of nitrogens with zero attached hydrogens (tertiary/aromatic N) is 3. The van der Waals surface area contributed by atoms with Gasteiger partial charge in [0.15, 0.2) is 0 Å². The van der Waals surface area contributed by atoms with E-state index in [1.54, 1.807) is 12.3 Å². The van der Waals surface area contributed by atoms with Crippen molar-refractivity contribution in [2.45, 2.75) is 26.9 Å². The molecule has 0 atom stereocenters. The minimum absolute atomic E-state index is 0.209. The Balaban J connectivity index is 1.70. The maximum absolute atomic E-state index is 11.9. The van der Waals surface area contributed by atoms with Gasteiger partial charge in [-0.05, 0) is 25.5 Å². The molecule has 130 valence electrons. The maximum atomic E-state index is 11.9. The van der Waals surface area contributed by atoms with Crippen LogP contribution < -0.4 is 10.1 Å². The number of rotatable bonds is 7. The van der Waals surface area contributed by atoms with Crippen LogP contribution in [0, 0.1) is 6.92 Å². The second kappa shape index (κ2) is 7.61. The van der Waals surface area contributed by atoms with Gasteiger partial charge in [0.1, 0.15) is 23.8 Å². The Morgan fingerprint density at radius 3 is 3.04 bits per heavy atom. The van der Waals surface area contributed by atoms with Gasteiger partial charge < -0.3 is 14.6 Å². The summed E-state index contributed by atoms with van der Waals surface area (Å²) in [4.78, 5) is 16.2. The normalized spacial score (nSPS) is 10.6. The van der Waals surface area contributed by atoms with Gasteiger partial charge in [-0.25, -0.2) is 0 Å². The van der Waals surface area contributed by atoms with E-state index in [1.807, 2.05) is 32.0 Å². The van der Waals surface area contributed by atoms with Crippen LogP contribution in [0.25, 0.3) is 11.4 Å². The third-order valence-electron chi connectivity index (χ3n) is 3.59. The molecule has 0 spiro atoms. The first kappa shape index (κ1) is 16.7. The van der Waals surface area contributed by atoms with Crippen molar-refractivity contribution >= 4 is 5.91 Å². The molecular formula is C17H19N5O3. The van der Waals surface area contributed by atoms with Crippen molar-refractivity contribution in [2.24, 2.45) is 0 Å². The number of carbonyl (C=O) groups is 1. The molecule has 3 aromatic rings. The van der Waals surface area contributed by atoms with E-state index in [9.17, 15) is 4.79 Å². The summed E-state index contributed by atoms with van der Waals surface area (Å²) >= 11 is 0. The van der Waals surface area contributed by atoms with Crippen molar-refractivity contribution in [2.75, 3.05) is 6.54 Å². The molecule has 0 radical (unpaired) electrons. The standard InChI is InChI=1S/C17H19N5O3/c1-3-7-19-17(23)14-9-15(21-20-14)24-10-12-11(2)25-22-16(12)13-6-4-5-8-18-13/h4-6,8-9H,3,7,10H2,1-2H3,(H,19,23)(H,20,21). The zero-order chi connectivity index (χ0) is 17.6. The molecule has 0 aromatic carbocycles. The lowest BCUT2D eigenvalue weighted by Crippen LogP contribution is -2.24. The maximum Gasteiger partial charge on any atom is 0.269 e. The summed E-state index contributed by atoms with van der Waals surface area (Å²) in [5.41, 5.74) is 2.49. The number of ether oxygens (including phenoxy) is 1. The molecule has 3 rings (SSSR count). The van der Waals surface area contributed by atoms with Crippen LogP contribution >= 0.6 is 0 Å². The predicted molar refractivity (Wildman–Crippen MR) is 90.0 cm³/mol. The summed E-state index contributed by atoms with van der Waals surface area (Å²) < 4.78 is 10.9. The Labute approximate surface area is 144 Å². The molecule has 0 bridgehead atoms. The molecule has 8 heteroatoms. The highest BCUT2D eigenvalue weighted by Gasteiger charge is 2.17. The van der Waals surface area contributed by atoms with Crippen LogP contribution in [0.2, 0.25) is 0 Å². The van der Waals surface area contributed by atoms with Gasteiger partial charge in [-0.2, -0.15) is 0 Å². The molecule has 0 saturated carbocycles. The van der Waals surface area contributed by atoms with E-state index < -0.39 is 0 Å². The molecule has 0 unspecified atom stereocenters. The second-order valence-corrected chi connectivity index (χ2v) is 5.45. The first-order valence-electron chi connectivity index (χ1n) is 8.02. The smallest absolute Gasteiger partial charge is 0.269 e. The molecule has 2 N–H and O–H groups in total. The lowest BCUT2D eigenvalue weighted by atomic mass is 10.1. The van der Waals surface area contributed by atoms with Crippen molar-refractivity contribution in [3.63, 3.8) is 0 Å². The van der Waals surface area contributed by atoms with Crippen LogP contribution in [0.5, 0.6) is 5.88 Å². The van der Waals surface area contributed by atoms with Crippen molar-refractivity contribution in [1.82, 2.24) is 25.7 Å². The van der Waals surface area contributed by atoms with Crippen molar-refractivity contribution in [3.05, 3.63) is 47.5 Å². The summed E-state index contributed by atoms with van der Waals surface area (Å²) in [6.07, 6.45) is 2.56. The van der Waals surface area contributed by atoms with Crippen molar-refractivity contribution in [1.29, 1.82) is 0 Å². The molecule has 0 aliphatic carbocycles. The number of amides is 1. The highest BCUT2D eigenvalue weighted by Crippen LogP contribution is 2.24. The van der Waals surface area contributed by atoms with Gasteiger partial charge in [0, 0.05) is 18.8 Å². The number of aromatic nitrogens is 4. The van der Waals surface area contributed by atoms with Crippen LogP contribution in [-0.2, 0) is 6.61 Å². The molecule has 0 aliphatic heterocycles. The van der Waals surface area contributed by atoms with Crippen molar-refractivity contribution < 1.29 is 14.1 Å². The Morgan fingerprint density at radius 2 is 2.28 bits per heavy atom. The fraction of sp³-hybridized carbons (Fsp3) is 0.294. The number of carbonyl (C=O) groups excluding carboxylic acids is 1. The molecule has 25 heavy (non-hydrogen) atoms. The van der Waals surface area contributed by atoms with Gasteiger partial charge in [0.05, 0.1) is 11.3 Å². The molecule has 8 nitrogen and oxygen atoms in total. The minimum Gasteiger partial charge on any atom is -0.472 e. The largest absolute Gasteiger partial charge is 0.472 e. The fourth-order valence-corrected chi connectivity index (χ4v) is 2.24. The van der Waals surface area contributed by atoms with Gasteiger partial charge >= 0.3 is 0 Å². The number of nitrogens with one attached hydrogen (secondary N) is 2. The van der Waals surface area contributed by atoms with Crippen LogP contribution in [-0.4, -0.2) is 32.8 Å². The second-order valence-electron chi connectivity index (χ2n) is 5.45. The minimum atomic E-state index is -0.209. The summed E-state index contributed by atoms with van der Waals surface area (Å²) in [6, 6.07) is 7.13. The first-order valence-corrected chi connectivity index (χ1v) is 8.02. The van der Waals surface area contributed by atoms with E-state index >= 15 is 0 Å². The van der Waals surface area contributed by atoms with E-state index in [4.69, 9.17) is 9.26 Å². The van der Waals surface area contributed by atoms with Crippen LogP contribution in [0.1, 0.15) is 35.2 Å².